The summed E-state index contributed by atoms with van der Waals surface area (Å²) < 4.78 is 116. The van der Waals surface area contributed by atoms with E-state index in [9.17, 15) is 75.3 Å². The average Bonchev–Trinajstić information content (AvgIpc) is 1.64. The van der Waals surface area contributed by atoms with E-state index < -0.39 is 159 Å². The number of hydrogen-bond acceptors (Lipinski definition) is 20. The van der Waals surface area contributed by atoms with Gasteiger partial charge in [-0.25, -0.2) is 59.6 Å². The van der Waals surface area contributed by atoms with Crippen LogP contribution in [0.25, 0.3) is 17.1 Å². The number of nitrogens with zero attached hydrogens (tertiary/aromatic N) is 8. The summed E-state index contributed by atoms with van der Waals surface area (Å²) in [5.74, 6) is -8.26. The first-order chi connectivity index (χ1) is 61.6. The number of amides is 4. The van der Waals surface area contributed by atoms with Gasteiger partial charge in [-0.2, -0.15) is 15.3 Å². The number of esters is 3. The van der Waals surface area contributed by atoms with Gasteiger partial charge in [0.15, 0.2) is 6.61 Å². The lowest BCUT2D eigenvalue weighted by Crippen LogP contribution is -2.49. The zero-order valence-corrected chi connectivity index (χ0v) is 79.8. The molecule has 34 heteroatoms. The number of rotatable bonds is 30. The molecule has 0 unspecified atom stereocenters. The number of aldehydes is 1. The molecule has 0 spiro atoms. The highest BCUT2D eigenvalue weighted by molar-refractivity contribution is 5.85. The van der Waals surface area contributed by atoms with Crippen molar-refractivity contribution in [1.29, 1.82) is 0 Å². The van der Waals surface area contributed by atoms with Crippen molar-refractivity contribution in [3.05, 3.63) is 250 Å². The topological polar surface area (TPSA) is 376 Å². The molecule has 0 aliphatic rings. The van der Waals surface area contributed by atoms with Gasteiger partial charge in [-0.3, -0.25) is 19.2 Å². The molecular weight excluding hydrogens is 1730 g/mol. The van der Waals surface area contributed by atoms with Crippen molar-refractivity contribution in [3.8, 4) is 17.1 Å². The van der Waals surface area contributed by atoms with Crippen LogP contribution in [-0.4, -0.2) is 170 Å². The third-order valence-electron chi connectivity index (χ3n) is 19.6. The molecule has 0 bridgehead atoms. The van der Waals surface area contributed by atoms with Crippen LogP contribution in [0.1, 0.15) is 240 Å². The Balaban J connectivity index is 0.000000290. The Hall–Kier alpha value is -12.6. The van der Waals surface area contributed by atoms with Crippen LogP contribution in [0.15, 0.2) is 164 Å². The largest absolute Gasteiger partial charge is 0.480 e. The SMILES string of the molecule is CC(=O)OCC(=O)N(CC[C@H](NC(=O)OC(C)(C)C)C(=O)OC(C)(C)C)[C@@H](c1nn(-c2cc(F)ccc2F)cc1Cc1ccccc1)C(C)(C)C.CC(C)(C)OC(=O)N[C@@H](CC=O)C(=O)OC(C)(C)C.CC(C)(C)[C@@H](N)c1nn(-c2cc(F)ccc2F)cc1Cc1ccccc1.CC(C)(C)[C@H](c1nn(-c2cc(F)ccc2F)cc1Cc1ccccc1)N(CC[C@H](N)C(=O)O)C(=O)CO. The summed E-state index contributed by atoms with van der Waals surface area (Å²) in [4.78, 5) is 113. The molecule has 0 radical (unpaired) electrons. The Labute approximate surface area is 773 Å². The number of carboxylic acids is 1. The molecule has 8 N–H and O–H groups in total. The normalized spacial score (nSPS) is 13.2. The lowest BCUT2D eigenvalue weighted by molar-refractivity contribution is -0.159. The molecule has 6 atom stereocenters. The standard InChI is InChI=1S/C38H50F2N4O7.C27H32F2N4O4.C21H23F2N3.C13H23NO5/c1-24(45)49-23-31(46)43(19-18-29(34(47)50-37(5,6)7)41-35(48)51-38(8,9)10)33(36(2,3)4)32-26(20-25-14-12-11-13-15-25)22-44(42-32)30-21-27(39)16-17-28(30)40;1-27(2,3)25(32(23(35)16-34)12-11-21(30)26(36)37)24-18(13-17-7-5-4-6-8-17)15-33(31-24)22-14-19(28)9-10-20(22)29;1-21(2,3)20(24)19-15(11-14-7-5-4-6-8-14)13-26(25-19)18-12-16(22)9-10-17(18)23;1-12(2,3)18-10(16)9(7-8-15)14-11(17)19-13(4,5)6/h11-17,21-22,29,33H,18-20,23H2,1-10H3,(H,41,48);4-10,14-15,21,25,34H,11-13,16,30H2,1-3H3,(H,36,37);4-10,12-13,20H,11,24H2,1-3H3;8-9H,7H2,1-6H3,(H,14,17)/t29-,33-;21-,25-;20-;9-/m0000/s1. The van der Waals surface area contributed by atoms with Crippen molar-refractivity contribution < 1.29 is 103 Å². The van der Waals surface area contributed by atoms with Crippen molar-refractivity contribution in [2.75, 3.05) is 26.3 Å². The van der Waals surface area contributed by atoms with Gasteiger partial charge in [-0.15, -0.1) is 0 Å². The molecule has 0 saturated carbocycles. The fraction of sp³-hybridized carbons (Fsp3) is 0.455. The lowest BCUT2D eigenvalue weighted by Gasteiger charge is -2.40. The van der Waals surface area contributed by atoms with Crippen molar-refractivity contribution in [2.45, 2.75) is 250 Å². The quantitative estimate of drug-likeness (QED) is 0.0105. The Morgan fingerprint density at radius 3 is 1.08 bits per heavy atom. The number of benzene rings is 6. The summed E-state index contributed by atoms with van der Waals surface area (Å²) in [5.41, 5.74) is 13.9. The Bertz CT molecular complexity index is 5410. The van der Waals surface area contributed by atoms with Gasteiger partial charge in [0.25, 0.3) is 5.91 Å². The second-order valence-corrected chi connectivity index (χ2v) is 39.1. The number of ether oxygens (including phenoxy) is 5. The van der Waals surface area contributed by atoms with Crippen LogP contribution in [0.5, 0.6) is 0 Å². The van der Waals surface area contributed by atoms with Gasteiger partial charge in [0, 0.05) is 93.6 Å². The predicted molar refractivity (Wildman–Crippen MR) is 490 cm³/mol. The van der Waals surface area contributed by atoms with E-state index in [-0.39, 0.29) is 60.9 Å². The molecule has 133 heavy (non-hydrogen) atoms. The Morgan fingerprint density at radius 2 is 0.767 bits per heavy atom. The van der Waals surface area contributed by atoms with Crippen molar-refractivity contribution >= 4 is 54.2 Å². The minimum absolute atomic E-state index is 0.0547. The number of alkyl carbamates (subject to hydrolysis) is 2. The molecule has 722 valence electrons. The third-order valence-corrected chi connectivity index (χ3v) is 19.6. The summed E-state index contributed by atoms with van der Waals surface area (Å²) in [6.45, 7) is 37.2. The van der Waals surface area contributed by atoms with Gasteiger partial charge in [0.1, 0.15) is 105 Å². The zero-order chi connectivity index (χ0) is 99.8. The zero-order valence-electron chi connectivity index (χ0n) is 79.8. The smallest absolute Gasteiger partial charge is 0.408 e. The molecule has 9 aromatic rings. The molecule has 6 aromatic carbocycles. The second-order valence-electron chi connectivity index (χ2n) is 39.1. The number of aliphatic hydroxyl groups is 1. The van der Waals surface area contributed by atoms with Crippen LogP contribution in [0.3, 0.4) is 0 Å². The summed E-state index contributed by atoms with van der Waals surface area (Å²) in [7, 11) is 0. The molecule has 0 aliphatic carbocycles. The molecule has 28 nitrogen and oxygen atoms in total. The number of nitrogens with two attached hydrogens (primary N) is 2. The monoisotopic (exact) mass is 1850 g/mol. The van der Waals surface area contributed by atoms with Crippen LogP contribution < -0.4 is 22.1 Å². The number of nitrogens with one attached hydrogen (secondary N) is 2. The van der Waals surface area contributed by atoms with Crippen LogP contribution in [-0.2, 0) is 76.5 Å². The van der Waals surface area contributed by atoms with Gasteiger partial charge in [-0.1, -0.05) is 153 Å². The van der Waals surface area contributed by atoms with Gasteiger partial charge < -0.3 is 70.6 Å². The number of aliphatic hydroxyl groups excluding tert-OH is 1. The van der Waals surface area contributed by atoms with E-state index >= 15 is 4.39 Å². The minimum atomic E-state index is -1.24. The first-order valence-corrected chi connectivity index (χ1v) is 43.3. The van der Waals surface area contributed by atoms with Crippen molar-refractivity contribution in [3.63, 3.8) is 0 Å². The van der Waals surface area contributed by atoms with Gasteiger partial charge in [0.2, 0.25) is 5.91 Å². The fourth-order valence-corrected chi connectivity index (χ4v) is 13.7. The second kappa shape index (κ2) is 47.2. The predicted octanol–water partition coefficient (Wildman–Crippen LogP) is 16.9. The Kier molecular flexibility index (Phi) is 38.7. The van der Waals surface area contributed by atoms with Crippen LogP contribution >= 0.6 is 0 Å². The highest BCUT2D eigenvalue weighted by Gasteiger charge is 2.43. The fourth-order valence-electron chi connectivity index (χ4n) is 13.7. The van der Waals surface area contributed by atoms with E-state index in [4.69, 9.17) is 40.3 Å². The number of aliphatic carboxylic acids is 1. The number of carboxylic acid groups (broad SMARTS) is 1. The number of carbonyl (C=O) groups is 9. The first-order valence-electron chi connectivity index (χ1n) is 43.3. The summed E-state index contributed by atoms with van der Waals surface area (Å²) >= 11 is 0. The first kappa shape index (κ1) is 109. The van der Waals surface area contributed by atoms with E-state index in [0.717, 1.165) is 76.9 Å². The van der Waals surface area contributed by atoms with E-state index in [1.165, 1.54) is 30.8 Å². The maximum atomic E-state index is 15.1. The van der Waals surface area contributed by atoms with Crippen LogP contribution in [0.4, 0.5) is 35.9 Å². The minimum Gasteiger partial charge on any atom is -0.480 e. The summed E-state index contributed by atoms with van der Waals surface area (Å²) in [6.07, 6.45) is 4.87. The lowest BCUT2D eigenvalue weighted by atomic mass is 9.81. The van der Waals surface area contributed by atoms with Crippen LogP contribution in [0, 0.1) is 51.1 Å². The van der Waals surface area contributed by atoms with Crippen molar-refractivity contribution in [1.82, 2.24) is 49.8 Å². The molecule has 3 heterocycles. The maximum absolute atomic E-state index is 15.1. The highest BCUT2D eigenvalue weighted by Crippen LogP contribution is 2.43. The number of hydrogen-bond donors (Lipinski definition) is 6. The molecule has 9 rings (SSSR count). The van der Waals surface area contributed by atoms with Gasteiger partial charge in [-0.05, 0) is 171 Å². The van der Waals surface area contributed by atoms with Gasteiger partial charge in [0.05, 0.1) is 35.2 Å². The number of carbonyl (C=O) groups excluding carboxylic acids is 8. The maximum Gasteiger partial charge on any atom is 0.408 e. The third kappa shape index (κ3) is 35.2. The van der Waals surface area contributed by atoms with E-state index in [1.807, 2.05) is 153 Å². The molecule has 4 amide bonds. The average molecular weight is 1860 g/mol. The van der Waals surface area contributed by atoms with Crippen molar-refractivity contribution in [2.24, 2.45) is 27.7 Å². The van der Waals surface area contributed by atoms with Gasteiger partial charge >= 0.3 is 36.1 Å². The van der Waals surface area contributed by atoms with E-state index in [0.29, 0.717) is 53.8 Å². The van der Waals surface area contributed by atoms with E-state index in [1.54, 1.807) is 102 Å². The molecule has 0 fully saturated rings. The summed E-state index contributed by atoms with van der Waals surface area (Å²) in [5, 5.41) is 37.8. The number of halogens is 6. The van der Waals surface area contributed by atoms with E-state index in [2.05, 4.69) is 20.8 Å². The molecule has 0 saturated heterocycles. The number of aromatic nitrogens is 6. The summed E-state index contributed by atoms with van der Waals surface area (Å²) in [6, 6.07) is 32.8. The van der Waals surface area contributed by atoms with Crippen LogP contribution in [0.2, 0.25) is 0 Å². The highest BCUT2D eigenvalue weighted by atomic mass is 19.1. The Morgan fingerprint density at radius 1 is 0.444 bits per heavy atom. The molecular formula is C99H128F6N12O16. The molecule has 3 aromatic heterocycles. The molecule has 0 aliphatic heterocycles.